The standard InChI is InChI=1S/C23H15F4N3O/c24-18-12-20-19(11-17(18)15-3-1-2-4-16(15)22(28)31)29-21(30-20)10-7-13-5-8-14(9-6-13)23(25,26)27/h1-12H,(H2,28,31)(H,29,30). The number of carbonyl (C=O) groups is 1. The van der Waals surface area contributed by atoms with Crippen LogP contribution in [0.2, 0.25) is 0 Å². The first-order valence-electron chi connectivity index (χ1n) is 9.16. The highest BCUT2D eigenvalue weighted by atomic mass is 19.4. The molecule has 0 aliphatic rings. The number of benzene rings is 3. The maximum absolute atomic E-state index is 14.7. The first kappa shape index (κ1) is 20.3. The van der Waals surface area contributed by atoms with E-state index < -0.39 is 23.5 Å². The highest BCUT2D eigenvalue weighted by Gasteiger charge is 2.29. The fourth-order valence-corrected chi connectivity index (χ4v) is 3.23. The number of alkyl halides is 3. The number of imidazole rings is 1. The molecule has 0 atom stereocenters. The zero-order chi connectivity index (χ0) is 22.2. The van der Waals surface area contributed by atoms with E-state index in [9.17, 15) is 22.4 Å². The van der Waals surface area contributed by atoms with Gasteiger partial charge in [-0.3, -0.25) is 4.79 Å². The van der Waals surface area contributed by atoms with E-state index in [2.05, 4.69) is 9.97 Å². The van der Waals surface area contributed by atoms with E-state index in [0.29, 0.717) is 28.0 Å². The predicted molar refractivity (Wildman–Crippen MR) is 110 cm³/mol. The van der Waals surface area contributed by atoms with Crippen LogP contribution in [0.3, 0.4) is 0 Å². The maximum Gasteiger partial charge on any atom is 0.416 e. The van der Waals surface area contributed by atoms with Crippen LogP contribution < -0.4 is 5.73 Å². The molecule has 0 bridgehead atoms. The normalized spacial score (nSPS) is 12.0. The van der Waals surface area contributed by atoms with E-state index in [0.717, 1.165) is 12.1 Å². The highest BCUT2D eigenvalue weighted by molar-refractivity contribution is 6.00. The molecule has 8 heteroatoms. The quantitative estimate of drug-likeness (QED) is 0.415. The first-order chi connectivity index (χ1) is 14.7. The third-order valence-corrected chi connectivity index (χ3v) is 4.74. The lowest BCUT2D eigenvalue weighted by molar-refractivity contribution is -0.137. The number of halogens is 4. The number of carbonyl (C=O) groups excluding carboxylic acids is 1. The minimum atomic E-state index is -4.39. The summed E-state index contributed by atoms with van der Waals surface area (Å²) in [5.41, 5.74) is 6.85. The molecule has 156 valence electrons. The molecule has 0 aliphatic heterocycles. The summed E-state index contributed by atoms with van der Waals surface area (Å²) in [6.45, 7) is 0. The van der Waals surface area contributed by atoms with Gasteiger partial charge in [-0.1, -0.05) is 36.4 Å². The average Bonchev–Trinajstić information content (AvgIpc) is 3.13. The zero-order valence-electron chi connectivity index (χ0n) is 15.9. The number of rotatable bonds is 4. The van der Waals surface area contributed by atoms with Crippen LogP contribution in [-0.2, 0) is 6.18 Å². The second-order valence-electron chi connectivity index (χ2n) is 6.83. The van der Waals surface area contributed by atoms with Crippen molar-refractivity contribution in [3.63, 3.8) is 0 Å². The molecule has 0 radical (unpaired) electrons. The molecule has 1 heterocycles. The molecule has 0 saturated carbocycles. The van der Waals surface area contributed by atoms with Crippen molar-refractivity contribution in [2.45, 2.75) is 6.18 Å². The van der Waals surface area contributed by atoms with E-state index in [-0.39, 0.29) is 11.1 Å². The van der Waals surface area contributed by atoms with Gasteiger partial charge in [0.05, 0.1) is 16.6 Å². The minimum Gasteiger partial charge on any atom is -0.366 e. The molecular weight excluding hydrogens is 410 g/mol. The smallest absolute Gasteiger partial charge is 0.366 e. The summed E-state index contributed by atoms with van der Waals surface area (Å²) in [5, 5.41) is 0. The fourth-order valence-electron chi connectivity index (χ4n) is 3.23. The highest BCUT2D eigenvalue weighted by Crippen LogP contribution is 2.31. The largest absolute Gasteiger partial charge is 0.416 e. The lowest BCUT2D eigenvalue weighted by atomic mass is 9.98. The molecule has 3 aromatic carbocycles. The molecule has 4 rings (SSSR count). The van der Waals surface area contributed by atoms with Crippen molar-refractivity contribution in [3.8, 4) is 11.1 Å². The fraction of sp³-hybridized carbons (Fsp3) is 0.0435. The van der Waals surface area contributed by atoms with Crippen molar-refractivity contribution in [1.82, 2.24) is 9.97 Å². The molecule has 1 aromatic heterocycles. The van der Waals surface area contributed by atoms with Gasteiger partial charge < -0.3 is 10.7 Å². The molecule has 0 saturated heterocycles. The van der Waals surface area contributed by atoms with Gasteiger partial charge >= 0.3 is 6.18 Å². The van der Waals surface area contributed by atoms with E-state index in [1.54, 1.807) is 30.4 Å². The Morgan fingerprint density at radius 3 is 2.35 bits per heavy atom. The molecule has 0 fully saturated rings. The second kappa shape index (κ2) is 7.71. The Morgan fingerprint density at radius 1 is 0.968 bits per heavy atom. The summed E-state index contributed by atoms with van der Waals surface area (Å²) in [6.07, 6.45) is -1.22. The average molecular weight is 425 g/mol. The van der Waals surface area contributed by atoms with Crippen molar-refractivity contribution in [1.29, 1.82) is 0 Å². The van der Waals surface area contributed by atoms with E-state index in [4.69, 9.17) is 5.73 Å². The number of aromatic amines is 1. The minimum absolute atomic E-state index is 0.187. The summed E-state index contributed by atoms with van der Waals surface area (Å²) < 4.78 is 52.7. The summed E-state index contributed by atoms with van der Waals surface area (Å²) in [4.78, 5) is 19.0. The summed E-state index contributed by atoms with van der Waals surface area (Å²) in [7, 11) is 0. The van der Waals surface area contributed by atoms with Gasteiger partial charge in [-0.05, 0) is 41.5 Å². The van der Waals surface area contributed by atoms with Gasteiger partial charge in [0.2, 0.25) is 5.91 Å². The molecule has 4 aromatic rings. The van der Waals surface area contributed by atoms with Gasteiger partial charge in [0.25, 0.3) is 0 Å². The van der Waals surface area contributed by atoms with Gasteiger partial charge in [0.15, 0.2) is 0 Å². The number of hydrogen-bond acceptors (Lipinski definition) is 2. The van der Waals surface area contributed by atoms with Crippen LogP contribution in [0.1, 0.15) is 27.3 Å². The Kier molecular flexibility index (Phi) is 5.06. The van der Waals surface area contributed by atoms with Crippen LogP contribution in [0.4, 0.5) is 17.6 Å². The van der Waals surface area contributed by atoms with Gasteiger partial charge in [-0.2, -0.15) is 13.2 Å². The molecule has 0 aliphatic carbocycles. The Morgan fingerprint density at radius 2 is 1.68 bits per heavy atom. The van der Waals surface area contributed by atoms with E-state index in [1.807, 2.05) is 0 Å². The molecule has 3 N–H and O–H groups in total. The van der Waals surface area contributed by atoms with E-state index >= 15 is 0 Å². The van der Waals surface area contributed by atoms with Crippen LogP contribution in [0.15, 0.2) is 60.7 Å². The van der Waals surface area contributed by atoms with Gasteiger partial charge in [0.1, 0.15) is 11.6 Å². The molecular formula is C23H15F4N3O. The van der Waals surface area contributed by atoms with E-state index in [1.165, 1.54) is 30.3 Å². The summed E-state index contributed by atoms with van der Waals surface area (Å²) >= 11 is 0. The SMILES string of the molecule is NC(=O)c1ccccc1-c1cc2nc(C=Cc3ccc(C(F)(F)F)cc3)[nH]c2cc1F. The maximum atomic E-state index is 14.7. The number of nitrogens with zero attached hydrogens (tertiary/aromatic N) is 1. The van der Waals surface area contributed by atoms with Crippen molar-refractivity contribution < 1.29 is 22.4 Å². The number of aromatic nitrogens is 2. The number of H-pyrrole nitrogens is 1. The molecule has 1 amide bonds. The molecule has 31 heavy (non-hydrogen) atoms. The van der Waals surface area contributed by atoms with Crippen LogP contribution in [0.5, 0.6) is 0 Å². The Labute approximate surface area is 174 Å². The molecule has 4 nitrogen and oxygen atoms in total. The van der Waals surface area contributed by atoms with Crippen LogP contribution >= 0.6 is 0 Å². The lowest BCUT2D eigenvalue weighted by Gasteiger charge is -2.08. The first-order valence-corrected chi connectivity index (χ1v) is 9.16. The van der Waals surface area contributed by atoms with Crippen molar-refractivity contribution in [2.24, 2.45) is 5.73 Å². The van der Waals surface area contributed by atoms with Crippen molar-refractivity contribution in [2.75, 3.05) is 0 Å². The Balaban J connectivity index is 1.67. The number of nitrogens with two attached hydrogens (primary N) is 1. The second-order valence-corrected chi connectivity index (χ2v) is 6.83. The van der Waals surface area contributed by atoms with Crippen LogP contribution in [0.25, 0.3) is 34.3 Å². The lowest BCUT2D eigenvalue weighted by Crippen LogP contribution is -2.12. The van der Waals surface area contributed by atoms with Crippen LogP contribution in [-0.4, -0.2) is 15.9 Å². The zero-order valence-corrected chi connectivity index (χ0v) is 15.9. The summed E-state index contributed by atoms with van der Waals surface area (Å²) in [5.74, 6) is -0.824. The number of hydrogen-bond donors (Lipinski definition) is 2. The predicted octanol–water partition coefficient (Wildman–Crippen LogP) is 5.66. The number of amides is 1. The Bertz CT molecular complexity index is 1300. The monoisotopic (exact) mass is 425 g/mol. The number of nitrogens with one attached hydrogen (secondary N) is 1. The van der Waals surface area contributed by atoms with Crippen LogP contribution in [0, 0.1) is 5.82 Å². The van der Waals surface area contributed by atoms with Gasteiger partial charge in [-0.25, -0.2) is 9.37 Å². The van der Waals surface area contributed by atoms with Crippen molar-refractivity contribution in [3.05, 3.63) is 89.0 Å². The Hall–Kier alpha value is -3.94. The molecule has 0 spiro atoms. The number of fused-ring (bicyclic) bond motifs is 1. The van der Waals surface area contributed by atoms with Crippen molar-refractivity contribution >= 4 is 29.1 Å². The van der Waals surface area contributed by atoms with Gasteiger partial charge in [0, 0.05) is 17.2 Å². The summed E-state index contributed by atoms with van der Waals surface area (Å²) in [6, 6.07) is 13.9. The third kappa shape index (κ3) is 4.18. The topological polar surface area (TPSA) is 71.8 Å². The van der Waals surface area contributed by atoms with Gasteiger partial charge in [-0.15, -0.1) is 0 Å². The molecule has 0 unspecified atom stereocenters. The third-order valence-electron chi connectivity index (χ3n) is 4.74. The number of primary amides is 1.